The van der Waals surface area contributed by atoms with Crippen molar-refractivity contribution in [3.8, 4) is 0 Å². The van der Waals surface area contributed by atoms with Gasteiger partial charge in [0.25, 0.3) is 0 Å². The predicted molar refractivity (Wildman–Crippen MR) is 116 cm³/mol. The Morgan fingerprint density at radius 1 is 0.852 bits per heavy atom. The predicted octanol–water partition coefficient (Wildman–Crippen LogP) is 5.38. The number of nitrogens with one attached hydrogen (secondary N) is 1. The quantitative estimate of drug-likeness (QED) is 0.444. The summed E-state index contributed by atoms with van der Waals surface area (Å²) in [6.45, 7) is 8.18. The van der Waals surface area contributed by atoms with Gasteiger partial charge < -0.3 is 0 Å². The molecule has 0 aliphatic heterocycles. The molecule has 0 heterocycles. The fourth-order valence-corrected chi connectivity index (χ4v) is 5.86. The molecule has 3 aromatic carbocycles. The van der Waals surface area contributed by atoms with E-state index in [1.807, 2.05) is 78.9 Å². The molecule has 27 heavy (non-hydrogen) atoms. The van der Waals surface area contributed by atoms with Crippen molar-refractivity contribution in [1.29, 1.82) is 0 Å². The van der Waals surface area contributed by atoms with Crippen molar-refractivity contribution in [3.05, 3.63) is 109 Å². The molecule has 0 saturated carbocycles. The number of aryl methyl sites for hydroxylation is 1. The lowest BCUT2D eigenvalue weighted by atomic mass is 9.92. The van der Waals surface area contributed by atoms with E-state index in [-0.39, 0.29) is 12.0 Å². The van der Waals surface area contributed by atoms with E-state index in [1.54, 1.807) is 0 Å². The summed E-state index contributed by atoms with van der Waals surface area (Å²) in [5.74, 6) is 0.117. The van der Waals surface area contributed by atoms with Gasteiger partial charge >= 0.3 is 0 Å². The van der Waals surface area contributed by atoms with Crippen molar-refractivity contribution in [2.45, 2.75) is 19.9 Å². The number of hydrogen-bond donors (Lipinski definition) is 1. The highest BCUT2D eigenvalue weighted by molar-refractivity contribution is 7.76. The highest BCUT2D eigenvalue weighted by Crippen LogP contribution is 2.44. The van der Waals surface area contributed by atoms with Crippen LogP contribution in [0, 0.1) is 12.8 Å². The Morgan fingerprint density at radius 2 is 1.33 bits per heavy atom. The molecular formula is C24H26NOP. The molecule has 2 atom stereocenters. The van der Waals surface area contributed by atoms with Crippen LogP contribution in [0.4, 0.5) is 0 Å². The van der Waals surface area contributed by atoms with Crippen molar-refractivity contribution < 1.29 is 4.57 Å². The lowest BCUT2D eigenvalue weighted by Crippen LogP contribution is -2.33. The standard InChI is InChI=1S/C24H26NOP/c1-4-19(2)24(23-18-12-11-13-20(23)3)25-27(26,21-14-7-5-8-15-21)22-16-9-6-10-17-22/h4-19,24H,1H2,2-3H3,(H,25,26). The van der Waals surface area contributed by atoms with Crippen LogP contribution in [-0.2, 0) is 4.57 Å². The molecule has 2 nitrogen and oxygen atoms in total. The molecule has 0 fully saturated rings. The van der Waals surface area contributed by atoms with E-state index in [1.165, 1.54) is 5.56 Å². The Hall–Kier alpha value is -2.41. The van der Waals surface area contributed by atoms with E-state index in [0.717, 1.165) is 16.2 Å². The first kappa shape index (κ1) is 19.4. The molecule has 0 aliphatic carbocycles. The average Bonchev–Trinajstić information content (AvgIpc) is 2.73. The summed E-state index contributed by atoms with van der Waals surface area (Å²) in [6, 6.07) is 27.6. The second-order valence-electron chi connectivity index (χ2n) is 6.84. The zero-order valence-electron chi connectivity index (χ0n) is 15.9. The van der Waals surface area contributed by atoms with Crippen LogP contribution in [-0.4, -0.2) is 0 Å². The Bertz CT molecular complexity index is 893. The van der Waals surface area contributed by atoms with E-state index >= 15 is 0 Å². The van der Waals surface area contributed by atoms with Gasteiger partial charge in [-0.15, -0.1) is 6.58 Å². The summed E-state index contributed by atoms with van der Waals surface area (Å²) in [4.78, 5) is 0. The SMILES string of the molecule is C=CC(C)C(NP(=O)(c1ccccc1)c1ccccc1)c1ccccc1C. The molecule has 0 amide bonds. The second kappa shape index (κ2) is 8.52. The fraction of sp³-hybridized carbons (Fsp3) is 0.167. The Kier molecular flexibility index (Phi) is 6.11. The van der Waals surface area contributed by atoms with Crippen LogP contribution in [0.3, 0.4) is 0 Å². The zero-order chi connectivity index (χ0) is 19.3. The summed E-state index contributed by atoms with van der Waals surface area (Å²) in [5.41, 5.74) is 2.33. The smallest absolute Gasteiger partial charge is 0.205 e. The van der Waals surface area contributed by atoms with Crippen LogP contribution in [0.1, 0.15) is 24.1 Å². The van der Waals surface area contributed by atoms with Gasteiger partial charge in [0, 0.05) is 16.7 Å². The van der Waals surface area contributed by atoms with E-state index in [4.69, 9.17) is 0 Å². The van der Waals surface area contributed by atoms with Gasteiger partial charge in [-0.25, -0.2) is 0 Å². The van der Waals surface area contributed by atoms with Crippen molar-refractivity contribution >= 4 is 17.9 Å². The Labute approximate surface area is 162 Å². The van der Waals surface area contributed by atoms with E-state index in [0.29, 0.717) is 0 Å². The molecule has 0 aromatic heterocycles. The Balaban J connectivity index is 2.13. The van der Waals surface area contributed by atoms with Crippen LogP contribution < -0.4 is 15.7 Å². The molecule has 2 unspecified atom stereocenters. The van der Waals surface area contributed by atoms with Crippen LogP contribution in [0.25, 0.3) is 0 Å². The third-order valence-corrected chi connectivity index (χ3v) is 7.67. The lowest BCUT2D eigenvalue weighted by molar-refractivity contribution is 0.503. The summed E-state index contributed by atoms with van der Waals surface area (Å²) in [6.07, 6.45) is 1.92. The summed E-state index contributed by atoms with van der Waals surface area (Å²) >= 11 is 0. The maximum absolute atomic E-state index is 14.4. The molecule has 0 radical (unpaired) electrons. The number of benzene rings is 3. The van der Waals surface area contributed by atoms with E-state index in [9.17, 15) is 4.57 Å². The molecule has 3 heteroatoms. The average molecular weight is 375 g/mol. The highest BCUT2D eigenvalue weighted by atomic mass is 31.2. The molecule has 0 spiro atoms. The van der Waals surface area contributed by atoms with Gasteiger partial charge in [-0.3, -0.25) is 9.65 Å². The van der Waals surface area contributed by atoms with Gasteiger partial charge in [-0.05, 0) is 48.2 Å². The normalized spacial score (nSPS) is 13.7. The molecule has 1 N–H and O–H groups in total. The van der Waals surface area contributed by atoms with Gasteiger partial charge in [0.2, 0.25) is 7.29 Å². The maximum Gasteiger partial charge on any atom is 0.205 e. The molecule has 3 rings (SSSR count). The molecule has 0 saturated heterocycles. The van der Waals surface area contributed by atoms with Gasteiger partial charge in [0.1, 0.15) is 0 Å². The minimum absolute atomic E-state index is 0.102. The topological polar surface area (TPSA) is 29.1 Å². The molecule has 138 valence electrons. The number of hydrogen-bond acceptors (Lipinski definition) is 1. The maximum atomic E-state index is 14.4. The van der Waals surface area contributed by atoms with Crippen LogP contribution >= 0.6 is 7.29 Å². The monoisotopic (exact) mass is 375 g/mol. The molecule has 0 aliphatic rings. The van der Waals surface area contributed by atoms with Crippen molar-refractivity contribution in [1.82, 2.24) is 5.09 Å². The van der Waals surface area contributed by atoms with Crippen molar-refractivity contribution in [3.63, 3.8) is 0 Å². The first-order valence-electron chi connectivity index (χ1n) is 9.23. The van der Waals surface area contributed by atoms with Crippen LogP contribution in [0.15, 0.2) is 97.6 Å². The fourth-order valence-electron chi connectivity index (χ4n) is 3.31. The van der Waals surface area contributed by atoms with E-state index in [2.05, 4.69) is 37.6 Å². The van der Waals surface area contributed by atoms with Gasteiger partial charge in [0.05, 0.1) is 0 Å². The van der Waals surface area contributed by atoms with Crippen LogP contribution in [0.5, 0.6) is 0 Å². The van der Waals surface area contributed by atoms with Gasteiger partial charge in [0.15, 0.2) is 0 Å². The first-order chi connectivity index (χ1) is 13.1. The summed E-state index contributed by atoms with van der Waals surface area (Å²) in [7, 11) is -3.03. The van der Waals surface area contributed by atoms with Crippen LogP contribution in [0.2, 0.25) is 0 Å². The highest BCUT2D eigenvalue weighted by Gasteiger charge is 2.32. The third kappa shape index (κ3) is 4.13. The largest absolute Gasteiger partial charge is 0.297 e. The second-order valence-corrected chi connectivity index (χ2v) is 9.35. The molecule has 3 aromatic rings. The van der Waals surface area contributed by atoms with Gasteiger partial charge in [-0.1, -0.05) is 73.7 Å². The minimum Gasteiger partial charge on any atom is -0.297 e. The number of rotatable bonds is 7. The van der Waals surface area contributed by atoms with Crippen molar-refractivity contribution in [2.75, 3.05) is 0 Å². The van der Waals surface area contributed by atoms with Crippen molar-refractivity contribution in [2.24, 2.45) is 5.92 Å². The zero-order valence-corrected chi connectivity index (χ0v) is 16.8. The minimum atomic E-state index is -3.03. The molecule has 0 bridgehead atoms. The third-order valence-electron chi connectivity index (χ3n) is 4.98. The Morgan fingerprint density at radius 3 is 1.81 bits per heavy atom. The van der Waals surface area contributed by atoms with E-state index < -0.39 is 7.29 Å². The lowest BCUT2D eigenvalue weighted by Gasteiger charge is -2.31. The first-order valence-corrected chi connectivity index (χ1v) is 10.9. The summed E-state index contributed by atoms with van der Waals surface area (Å²) in [5, 5.41) is 5.18. The molecular weight excluding hydrogens is 349 g/mol. The van der Waals surface area contributed by atoms with Gasteiger partial charge in [-0.2, -0.15) is 0 Å². The summed E-state index contributed by atoms with van der Waals surface area (Å²) < 4.78 is 14.4.